The molecule has 1 atom stereocenters. The summed E-state index contributed by atoms with van der Waals surface area (Å²) in [5, 5.41) is 12.4. The summed E-state index contributed by atoms with van der Waals surface area (Å²) in [6, 6.07) is 22.6. The number of aliphatic hydroxyl groups excluding tert-OH is 1. The van der Waals surface area contributed by atoms with Crippen LogP contribution in [-0.4, -0.2) is 55.5 Å². The highest BCUT2D eigenvalue weighted by Gasteiger charge is 2.29. The molecule has 0 bridgehead atoms. The molecule has 0 unspecified atom stereocenters. The van der Waals surface area contributed by atoms with Crippen LogP contribution in [0.15, 0.2) is 77.7 Å². The van der Waals surface area contributed by atoms with Crippen molar-refractivity contribution in [1.82, 2.24) is 9.21 Å². The van der Waals surface area contributed by atoms with Crippen molar-refractivity contribution in [3.05, 3.63) is 78.4 Å². The van der Waals surface area contributed by atoms with Crippen molar-refractivity contribution in [2.24, 2.45) is 0 Å². The van der Waals surface area contributed by atoms with Gasteiger partial charge in [-0.2, -0.15) is 4.31 Å². The predicted molar refractivity (Wildman–Crippen MR) is 111 cm³/mol. The third kappa shape index (κ3) is 3.95. The average Bonchev–Trinajstić information content (AvgIpc) is 2.74. The van der Waals surface area contributed by atoms with E-state index < -0.39 is 16.1 Å². The highest BCUT2D eigenvalue weighted by Crippen LogP contribution is 2.23. The fourth-order valence-electron chi connectivity index (χ4n) is 3.65. The molecule has 0 saturated carbocycles. The maximum absolute atomic E-state index is 13.0. The van der Waals surface area contributed by atoms with Gasteiger partial charge in [-0.1, -0.05) is 60.7 Å². The van der Waals surface area contributed by atoms with Gasteiger partial charge in [-0.3, -0.25) is 4.90 Å². The first kappa shape index (κ1) is 19.1. The number of nitrogens with zero attached hydrogens (tertiary/aromatic N) is 2. The third-order valence-corrected chi connectivity index (χ3v) is 7.20. The van der Waals surface area contributed by atoms with E-state index in [1.807, 2.05) is 60.7 Å². The third-order valence-electron chi connectivity index (χ3n) is 5.31. The lowest BCUT2D eigenvalue weighted by Gasteiger charge is -2.35. The Morgan fingerprint density at radius 3 is 2.18 bits per heavy atom. The molecule has 3 aromatic carbocycles. The van der Waals surface area contributed by atoms with E-state index in [9.17, 15) is 13.5 Å². The molecule has 6 heteroatoms. The Kier molecular flexibility index (Phi) is 5.46. The van der Waals surface area contributed by atoms with Crippen LogP contribution in [-0.2, 0) is 10.0 Å². The Labute approximate surface area is 165 Å². The molecule has 1 aliphatic rings. The Hall–Kier alpha value is -2.25. The summed E-state index contributed by atoms with van der Waals surface area (Å²) in [5.74, 6) is 0. The van der Waals surface area contributed by atoms with E-state index >= 15 is 0 Å². The van der Waals surface area contributed by atoms with Gasteiger partial charge in [0.1, 0.15) is 0 Å². The van der Waals surface area contributed by atoms with Crippen LogP contribution in [0, 0.1) is 0 Å². The molecule has 28 heavy (non-hydrogen) atoms. The minimum Gasteiger partial charge on any atom is -0.387 e. The van der Waals surface area contributed by atoms with E-state index in [4.69, 9.17) is 0 Å². The molecule has 4 rings (SSSR count). The van der Waals surface area contributed by atoms with Crippen molar-refractivity contribution in [3.8, 4) is 0 Å². The molecule has 146 valence electrons. The van der Waals surface area contributed by atoms with Crippen LogP contribution in [0.2, 0.25) is 0 Å². The first-order valence-electron chi connectivity index (χ1n) is 9.48. The van der Waals surface area contributed by atoms with E-state index in [-0.39, 0.29) is 0 Å². The Morgan fingerprint density at radius 1 is 0.821 bits per heavy atom. The Morgan fingerprint density at radius 2 is 1.46 bits per heavy atom. The minimum absolute atomic E-state index is 0.337. The number of piperazine rings is 1. The van der Waals surface area contributed by atoms with Gasteiger partial charge < -0.3 is 5.11 Å². The van der Waals surface area contributed by atoms with Crippen molar-refractivity contribution in [2.45, 2.75) is 11.0 Å². The van der Waals surface area contributed by atoms with Crippen LogP contribution in [0.3, 0.4) is 0 Å². The second kappa shape index (κ2) is 8.01. The fourth-order valence-corrected chi connectivity index (χ4v) is 5.11. The number of hydrogen-bond donors (Lipinski definition) is 1. The highest BCUT2D eigenvalue weighted by molar-refractivity contribution is 7.89. The number of fused-ring (bicyclic) bond motifs is 1. The van der Waals surface area contributed by atoms with E-state index in [2.05, 4.69) is 4.90 Å². The van der Waals surface area contributed by atoms with Crippen molar-refractivity contribution in [2.75, 3.05) is 32.7 Å². The van der Waals surface area contributed by atoms with Gasteiger partial charge in [-0.25, -0.2) is 8.42 Å². The summed E-state index contributed by atoms with van der Waals surface area (Å²) in [4.78, 5) is 2.45. The lowest BCUT2D eigenvalue weighted by Crippen LogP contribution is -2.49. The summed E-state index contributed by atoms with van der Waals surface area (Å²) >= 11 is 0. The first-order chi connectivity index (χ1) is 13.5. The van der Waals surface area contributed by atoms with Crippen LogP contribution >= 0.6 is 0 Å². The molecular weight excluding hydrogens is 372 g/mol. The van der Waals surface area contributed by atoms with Crippen molar-refractivity contribution in [1.29, 1.82) is 0 Å². The second-order valence-corrected chi connectivity index (χ2v) is 9.08. The quantitative estimate of drug-likeness (QED) is 0.720. The number of hydrogen-bond acceptors (Lipinski definition) is 4. The van der Waals surface area contributed by atoms with E-state index in [1.165, 1.54) is 0 Å². The summed E-state index contributed by atoms with van der Waals surface area (Å²) in [5.41, 5.74) is 0.883. The van der Waals surface area contributed by atoms with Crippen LogP contribution < -0.4 is 0 Å². The molecule has 1 heterocycles. The Bertz CT molecular complexity index is 1050. The molecule has 0 aliphatic carbocycles. The zero-order chi connectivity index (χ0) is 19.6. The molecule has 3 aromatic rings. The molecule has 1 N–H and O–H groups in total. The first-order valence-corrected chi connectivity index (χ1v) is 10.9. The van der Waals surface area contributed by atoms with Gasteiger partial charge in [-0.15, -0.1) is 0 Å². The predicted octanol–water partition coefficient (Wildman–Crippen LogP) is 2.88. The van der Waals surface area contributed by atoms with Gasteiger partial charge in [0.15, 0.2) is 0 Å². The number of rotatable bonds is 5. The number of benzene rings is 3. The van der Waals surface area contributed by atoms with Gasteiger partial charge in [-0.05, 0) is 28.5 Å². The summed E-state index contributed by atoms with van der Waals surface area (Å²) in [7, 11) is -3.51. The fraction of sp³-hybridized carbons (Fsp3) is 0.273. The summed E-state index contributed by atoms with van der Waals surface area (Å²) in [6.45, 7) is 2.58. The monoisotopic (exact) mass is 396 g/mol. The maximum atomic E-state index is 13.0. The minimum atomic E-state index is -3.51. The standard InChI is InChI=1S/C22H24N2O3S/c25-22(19-7-2-1-3-8-19)17-23-12-14-24(15-13-23)28(26,27)21-11-10-18-6-4-5-9-20(18)16-21/h1-11,16,22,25H,12-15,17H2/t22-/m0/s1. The second-order valence-electron chi connectivity index (χ2n) is 7.14. The zero-order valence-corrected chi connectivity index (χ0v) is 16.4. The van der Waals surface area contributed by atoms with Gasteiger partial charge in [0.2, 0.25) is 10.0 Å². The maximum Gasteiger partial charge on any atom is 0.243 e. The van der Waals surface area contributed by atoms with Crippen LogP contribution in [0.25, 0.3) is 10.8 Å². The summed E-state index contributed by atoms with van der Waals surface area (Å²) in [6.07, 6.45) is -0.565. The number of aliphatic hydroxyl groups is 1. The molecule has 1 saturated heterocycles. The molecule has 0 amide bonds. The van der Waals surface area contributed by atoms with Crippen molar-refractivity contribution >= 4 is 20.8 Å². The SMILES string of the molecule is O=S(=O)(c1ccc2ccccc2c1)N1CCN(C[C@H](O)c2ccccc2)CC1. The lowest BCUT2D eigenvalue weighted by molar-refractivity contribution is 0.0921. The normalized spacial score (nSPS) is 17.6. The zero-order valence-electron chi connectivity index (χ0n) is 15.6. The van der Waals surface area contributed by atoms with Gasteiger partial charge in [0.25, 0.3) is 0 Å². The number of sulfonamides is 1. The van der Waals surface area contributed by atoms with Gasteiger partial charge in [0.05, 0.1) is 11.0 Å². The molecule has 5 nitrogen and oxygen atoms in total. The van der Waals surface area contributed by atoms with Gasteiger partial charge >= 0.3 is 0 Å². The van der Waals surface area contributed by atoms with Crippen LogP contribution in [0.1, 0.15) is 11.7 Å². The van der Waals surface area contributed by atoms with E-state index in [0.29, 0.717) is 37.6 Å². The molecule has 1 fully saturated rings. The molecule has 1 aliphatic heterocycles. The highest BCUT2D eigenvalue weighted by atomic mass is 32.2. The molecule has 0 spiro atoms. The lowest BCUT2D eigenvalue weighted by atomic mass is 10.1. The molecular formula is C22H24N2O3S. The van der Waals surface area contributed by atoms with Crippen molar-refractivity contribution < 1.29 is 13.5 Å². The number of β-amino-alcohol motifs (C(OH)–C–C–N with tert-alkyl or cyclic N) is 1. The van der Waals surface area contributed by atoms with Crippen LogP contribution in [0.4, 0.5) is 0 Å². The Balaban J connectivity index is 1.42. The average molecular weight is 397 g/mol. The molecule has 0 aromatic heterocycles. The van der Waals surface area contributed by atoms with Crippen molar-refractivity contribution in [3.63, 3.8) is 0 Å². The van der Waals surface area contributed by atoms with Gasteiger partial charge in [0, 0.05) is 32.7 Å². The van der Waals surface area contributed by atoms with Crippen LogP contribution in [0.5, 0.6) is 0 Å². The van der Waals surface area contributed by atoms with E-state index in [1.54, 1.807) is 16.4 Å². The topological polar surface area (TPSA) is 60.9 Å². The largest absolute Gasteiger partial charge is 0.387 e. The smallest absolute Gasteiger partial charge is 0.243 e. The summed E-state index contributed by atoms with van der Waals surface area (Å²) < 4.78 is 27.6. The van der Waals surface area contributed by atoms with E-state index in [0.717, 1.165) is 16.3 Å². The molecule has 0 radical (unpaired) electrons.